The number of nitrogens with zero attached hydrogens (tertiary/aromatic N) is 3. The van der Waals surface area contributed by atoms with Crippen molar-refractivity contribution in [1.82, 2.24) is 20.3 Å². The van der Waals surface area contributed by atoms with Gasteiger partial charge < -0.3 is 11.1 Å². The first-order valence-corrected chi connectivity index (χ1v) is 10.3. The van der Waals surface area contributed by atoms with Crippen molar-refractivity contribution in [1.29, 1.82) is 0 Å². The average molecular weight is 412 g/mol. The van der Waals surface area contributed by atoms with E-state index in [1.165, 1.54) is 11.1 Å². The second-order valence-electron chi connectivity index (χ2n) is 7.77. The molecule has 0 aliphatic heterocycles. The predicted octanol–water partition coefficient (Wildman–Crippen LogP) is 4.08. The second kappa shape index (κ2) is 8.92. The number of amides is 1. The Morgan fingerprint density at radius 2 is 1.97 bits per heavy atom. The number of pyridine rings is 1. The van der Waals surface area contributed by atoms with Gasteiger partial charge in [-0.1, -0.05) is 37.3 Å². The molecule has 1 unspecified atom stereocenters. The van der Waals surface area contributed by atoms with Gasteiger partial charge in [0.2, 0.25) is 5.91 Å². The molecule has 3 N–H and O–H groups in total. The Morgan fingerprint density at radius 1 is 1.13 bits per heavy atom. The minimum atomic E-state index is -0.252. The highest BCUT2D eigenvalue weighted by Gasteiger charge is 2.16. The van der Waals surface area contributed by atoms with Crippen molar-refractivity contribution in [2.45, 2.75) is 26.8 Å². The Labute approximate surface area is 181 Å². The molecule has 0 aliphatic rings. The smallest absolute Gasteiger partial charge is 0.223 e. The molecule has 0 bridgehead atoms. The van der Waals surface area contributed by atoms with Crippen LogP contribution in [0.5, 0.6) is 0 Å². The Hall–Kier alpha value is -3.80. The number of fused-ring (bicyclic) bond motifs is 1. The van der Waals surface area contributed by atoms with Crippen LogP contribution in [0.25, 0.3) is 22.0 Å². The van der Waals surface area contributed by atoms with Crippen molar-refractivity contribution in [3.63, 3.8) is 0 Å². The van der Waals surface area contributed by atoms with E-state index in [9.17, 15) is 4.79 Å². The number of nitrogens with one attached hydrogen (secondary N) is 1. The fraction of sp³-hybridized carbons (Fsp3) is 0.200. The number of anilines is 1. The maximum absolute atomic E-state index is 12.6. The highest BCUT2D eigenvalue weighted by Crippen LogP contribution is 2.28. The van der Waals surface area contributed by atoms with Crippen molar-refractivity contribution in [3.8, 4) is 11.1 Å². The highest BCUT2D eigenvalue weighted by molar-refractivity contribution is 5.87. The van der Waals surface area contributed by atoms with E-state index in [-0.39, 0.29) is 11.8 Å². The molecule has 156 valence electrons. The van der Waals surface area contributed by atoms with E-state index in [1.54, 1.807) is 18.6 Å². The van der Waals surface area contributed by atoms with Gasteiger partial charge in [-0.05, 0) is 53.8 Å². The van der Waals surface area contributed by atoms with E-state index in [2.05, 4.69) is 51.5 Å². The Balaban J connectivity index is 1.53. The third-order valence-corrected chi connectivity index (χ3v) is 5.42. The first-order valence-electron chi connectivity index (χ1n) is 10.3. The van der Waals surface area contributed by atoms with Crippen LogP contribution in [0.4, 0.5) is 5.82 Å². The molecule has 4 rings (SSSR count). The lowest BCUT2D eigenvalue weighted by Gasteiger charge is -2.14. The summed E-state index contributed by atoms with van der Waals surface area (Å²) >= 11 is 0. The highest BCUT2D eigenvalue weighted by atomic mass is 16.1. The molecule has 2 aromatic heterocycles. The largest absolute Gasteiger partial charge is 0.383 e. The Bertz CT molecular complexity index is 1220. The van der Waals surface area contributed by atoms with Crippen molar-refractivity contribution >= 4 is 22.6 Å². The molecule has 2 heterocycles. The van der Waals surface area contributed by atoms with Crippen molar-refractivity contribution in [2.75, 3.05) is 5.73 Å². The molecule has 1 atom stereocenters. The zero-order valence-electron chi connectivity index (χ0n) is 17.7. The number of nitrogen functional groups attached to an aromatic ring is 1. The molecule has 0 saturated heterocycles. The summed E-state index contributed by atoms with van der Waals surface area (Å²) in [6, 6.07) is 16.5. The summed E-state index contributed by atoms with van der Waals surface area (Å²) in [4.78, 5) is 25.3. The normalized spacial score (nSPS) is 11.9. The summed E-state index contributed by atoms with van der Waals surface area (Å²) in [7, 11) is 0. The van der Waals surface area contributed by atoms with E-state index in [1.807, 2.05) is 31.2 Å². The van der Waals surface area contributed by atoms with E-state index >= 15 is 0 Å². The number of nitrogens with two attached hydrogens (primary N) is 1. The molecule has 0 saturated carbocycles. The number of aromatic nitrogens is 3. The van der Waals surface area contributed by atoms with Gasteiger partial charge in [0, 0.05) is 23.7 Å². The lowest BCUT2D eigenvalue weighted by atomic mass is 9.96. The molecule has 0 aliphatic carbocycles. The first-order chi connectivity index (χ1) is 15.0. The molecule has 31 heavy (non-hydrogen) atoms. The Morgan fingerprint density at radius 3 is 2.74 bits per heavy atom. The van der Waals surface area contributed by atoms with Gasteiger partial charge in [0.1, 0.15) is 5.82 Å². The molecular formula is C25H25N5O. The van der Waals surface area contributed by atoms with Crippen LogP contribution >= 0.6 is 0 Å². The first kappa shape index (κ1) is 20.5. The lowest BCUT2D eigenvalue weighted by Crippen LogP contribution is -2.30. The summed E-state index contributed by atoms with van der Waals surface area (Å²) in [6.07, 6.45) is 5.36. The van der Waals surface area contributed by atoms with Gasteiger partial charge in [-0.15, -0.1) is 0 Å². The molecule has 1 amide bonds. The lowest BCUT2D eigenvalue weighted by molar-refractivity contribution is -0.124. The third-order valence-electron chi connectivity index (χ3n) is 5.42. The summed E-state index contributed by atoms with van der Waals surface area (Å²) in [5, 5.41) is 3.92. The van der Waals surface area contributed by atoms with E-state index in [0.29, 0.717) is 18.8 Å². The molecule has 0 radical (unpaired) electrons. The topological polar surface area (TPSA) is 93.8 Å². The van der Waals surface area contributed by atoms with E-state index < -0.39 is 0 Å². The van der Waals surface area contributed by atoms with Gasteiger partial charge in [-0.25, -0.2) is 4.98 Å². The zero-order valence-corrected chi connectivity index (χ0v) is 17.7. The summed E-state index contributed by atoms with van der Waals surface area (Å²) in [5.41, 5.74) is 12.2. The number of benzene rings is 2. The van der Waals surface area contributed by atoms with Crippen LogP contribution in [0.1, 0.15) is 23.7 Å². The van der Waals surface area contributed by atoms with Crippen LogP contribution in [0.15, 0.2) is 67.1 Å². The fourth-order valence-corrected chi connectivity index (χ4v) is 3.66. The van der Waals surface area contributed by atoms with Crippen molar-refractivity contribution in [3.05, 3.63) is 83.9 Å². The van der Waals surface area contributed by atoms with Crippen LogP contribution in [0, 0.1) is 12.8 Å². The molecule has 4 aromatic rings. The van der Waals surface area contributed by atoms with Gasteiger partial charge >= 0.3 is 0 Å². The quantitative estimate of drug-likeness (QED) is 0.499. The zero-order chi connectivity index (χ0) is 21.8. The van der Waals surface area contributed by atoms with Crippen LogP contribution in [0.2, 0.25) is 0 Å². The van der Waals surface area contributed by atoms with Crippen LogP contribution in [-0.2, 0) is 17.8 Å². The number of hydrogen-bond acceptors (Lipinski definition) is 5. The maximum atomic E-state index is 12.6. The van der Waals surface area contributed by atoms with Gasteiger partial charge in [0.05, 0.1) is 24.0 Å². The van der Waals surface area contributed by atoms with Crippen molar-refractivity contribution < 1.29 is 4.79 Å². The standard InChI is InChI=1S/C25H25N5O/c1-16-5-3-4-6-22(16)18-7-8-23-19(12-18)13-20(24(26)30-23)11-17(2)25(31)29-15-21-14-27-9-10-28-21/h3-10,12-14,17H,11,15H2,1-2H3,(H2,26,30)(H,29,31). The molecule has 6 heteroatoms. The molecule has 6 nitrogen and oxygen atoms in total. The summed E-state index contributed by atoms with van der Waals surface area (Å²) in [5.74, 6) is 0.154. The monoisotopic (exact) mass is 411 g/mol. The predicted molar refractivity (Wildman–Crippen MR) is 123 cm³/mol. The molecule has 2 aromatic carbocycles. The van der Waals surface area contributed by atoms with Gasteiger partial charge in [0.15, 0.2) is 0 Å². The number of rotatable bonds is 6. The third kappa shape index (κ3) is 4.69. The van der Waals surface area contributed by atoms with Crippen LogP contribution in [0.3, 0.4) is 0 Å². The van der Waals surface area contributed by atoms with Gasteiger partial charge in [-0.2, -0.15) is 0 Å². The average Bonchev–Trinajstić information content (AvgIpc) is 2.78. The SMILES string of the molecule is Cc1ccccc1-c1ccc2nc(N)c(CC(C)C(=O)NCc3cnccn3)cc2c1. The number of hydrogen-bond donors (Lipinski definition) is 2. The van der Waals surface area contributed by atoms with E-state index in [0.717, 1.165) is 27.7 Å². The maximum Gasteiger partial charge on any atom is 0.223 e. The number of carbonyl (C=O) groups is 1. The summed E-state index contributed by atoms with van der Waals surface area (Å²) < 4.78 is 0. The molecular weight excluding hydrogens is 386 g/mol. The number of carbonyl (C=O) groups excluding carboxylic acids is 1. The minimum Gasteiger partial charge on any atom is -0.383 e. The van der Waals surface area contributed by atoms with Crippen LogP contribution in [-0.4, -0.2) is 20.9 Å². The van der Waals surface area contributed by atoms with Crippen LogP contribution < -0.4 is 11.1 Å². The second-order valence-corrected chi connectivity index (χ2v) is 7.77. The number of aryl methyl sites for hydroxylation is 1. The fourth-order valence-electron chi connectivity index (χ4n) is 3.66. The molecule has 0 fully saturated rings. The van der Waals surface area contributed by atoms with Gasteiger partial charge in [-0.3, -0.25) is 14.8 Å². The summed E-state index contributed by atoms with van der Waals surface area (Å²) in [6.45, 7) is 4.34. The van der Waals surface area contributed by atoms with Crippen molar-refractivity contribution in [2.24, 2.45) is 5.92 Å². The minimum absolute atomic E-state index is 0.0567. The molecule has 0 spiro atoms. The Kier molecular flexibility index (Phi) is 5.89. The van der Waals surface area contributed by atoms with E-state index in [4.69, 9.17) is 5.73 Å². The van der Waals surface area contributed by atoms with Gasteiger partial charge in [0.25, 0.3) is 0 Å².